The van der Waals surface area contributed by atoms with Gasteiger partial charge in [0.15, 0.2) is 0 Å². The Labute approximate surface area is 199 Å². The zero-order valence-corrected chi connectivity index (χ0v) is 19.6. The van der Waals surface area contributed by atoms with Crippen molar-refractivity contribution in [3.63, 3.8) is 0 Å². The Hall–Kier alpha value is -2.19. The largest absolute Gasteiger partial charge is 0.359 e. The van der Waals surface area contributed by atoms with Crippen LogP contribution in [0.3, 0.4) is 0 Å². The lowest BCUT2D eigenvalue weighted by Crippen LogP contribution is -2.37. The number of benzene rings is 2. The second-order valence-electron chi connectivity index (χ2n) is 9.16. The molecule has 0 spiro atoms. The first kappa shape index (κ1) is 24.9. The smallest absolute Gasteiger partial charge is 0.147 e. The second-order valence-corrected chi connectivity index (χ2v) is 9.16. The fourth-order valence-corrected chi connectivity index (χ4v) is 4.86. The summed E-state index contributed by atoms with van der Waals surface area (Å²) in [5, 5.41) is 0. The van der Waals surface area contributed by atoms with Gasteiger partial charge in [-0.2, -0.15) is 0 Å². The van der Waals surface area contributed by atoms with E-state index in [4.69, 9.17) is 18.9 Å². The maximum Gasteiger partial charge on any atom is 0.147 e. The molecule has 0 bridgehead atoms. The van der Waals surface area contributed by atoms with Gasteiger partial charge in [0.05, 0.1) is 24.0 Å². The number of Topliss-reactive ketones (excluding diaryl/α,β-unsaturated/α-hetero) is 1. The first-order valence-corrected chi connectivity index (χ1v) is 11.8. The molecule has 0 radical (unpaired) electrons. The number of ether oxygens (including phenoxy) is 4. The van der Waals surface area contributed by atoms with E-state index in [1.54, 1.807) is 36.4 Å². The number of carbonyl (C=O) groups is 1. The molecule has 4 rings (SSSR count). The Balaban J connectivity index is 1.72. The van der Waals surface area contributed by atoms with Crippen LogP contribution in [0.5, 0.6) is 0 Å². The van der Waals surface area contributed by atoms with E-state index in [1.165, 1.54) is 26.4 Å². The topological polar surface area (TPSA) is 54.0 Å². The molecule has 4 atom stereocenters. The molecule has 0 aromatic heterocycles. The van der Waals surface area contributed by atoms with Gasteiger partial charge >= 0.3 is 0 Å². The van der Waals surface area contributed by atoms with Crippen LogP contribution in [0.25, 0.3) is 0 Å². The number of rotatable bonds is 14. The molecule has 0 N–H and O–H groups in total. The minimum absolute atomic E-state index is 0.0684. The summed E-state index contributed by atoms with van der Waals surface area (Å²) in [6.45, 7) is -0.138. The Morgan fingerprint density at radius 2 is 1.15 bits per heavy atom. The number of carbonyl (C=O) groups excluding carboxylic acids is 1. The second kappa shape index (κ2) is 11.5. The number of hydrogen-bond donors (Lipinski definition) is 0. The van der Waals surface area contributed by atoms with Crippen molar-refractivity contribution in [3.8, 4) is 0 Å². The first-order valence-electron chi connectivity index (χ1n) is 11.8. The zero-order valence-electron chi connectivity index (χ0n) is 19.6. The molecule has 2 fully saturated rings. The predicted octanol–water partition coefficient (Wildman–Crippen LogP) is 5.61. The molecular formula is C27H32F2O5. The van der Waals surface area contributed by atoms with E-state index >= 15 is 0 Å². The molecule has 2 aromatic carbocycles. The van der Waals surface area contributed by atoms with Crippen LogP contribution in [0.2, 0.25) is 0 Å². The lowest BCUT2D eigenvalue weighted by atomic mass is 9.77. The SMILES string of the molecule is COCOC(c1ccccc1F)C(C(=O)C(C1CC1)C(OCOC)c1ccccc1F)C1CC1. The molecule has 0 amide bonds. The summed E-state index contributed by atoms with van der Waals surface area (Å²) in [5.74, 6) is -1.95. The summed E-state index contributed by atoms with van der Waals surface area (Å²) in [5.41, 5.74) is 0.666. The highest BCUT2D eigenvalue weighted by atomic mass is 19.1. The van der Waals surface area contributed by atoms with Crippen molar-refractivity contribution in [1.82, 2.24) is 0 Å². The number of ketones is 1. The molecular weight excluding hydrogens is 442 g/mol. The third kappa shape index (κ3) is 5.71. The van der Waals surface area contributed by atoms with Crippen molar-refractivity contribution in [2.45, 2.75) is 37.9 Å². The Bertz CT molecular complexity index is 884. The van der Waals surface area contributed by atoms with Crippen LogP contribution in [-0.4, -0.2) is 33.6 Å². The fourth-order valence-electron chi connectivity index (χ4n) is 4.86. The van der Waals surface area contributed by atoms with Crippen LogP contribution < -0.4 is 0 Å². The van der Waals surface area contributed by atoms with Gasteiger partial charge in [0.1, 0.15) is 31.0 Å². The third-order valence-corrected chi connectivity index (χ3v) is 6.72. The average molecular weight is 475 g/mol. The minimum atomic E-state index is -0.800. The van der Waals surface area contributed by atoms with Gasteiger partial charge < -0.3 is 18.9 Å². The van der Waals surface area contributed by atoms with Gasteiger partial charge in [-0.3, -0.25) is 4.79 Å². The predicted molar refractivity (Wildman–Crippen MR) is 122 cm³/mol. The number of methoxy groups -OCH3 is 2. The fraction of sp³-hybridized carbons (Fsp3) is 0.519. The van der Waals surface area contributed by atoms with Crippen LogP contribution in [0, 0.1) is 35.3 Å². The van der Waals surface area contributed by atoms with Gasteiger partial charge in [-0.1, -0.05) is 36.4 Å². The Morgan fingerprint density at radius 1 is 0.765 bits per heavy atom. The monoisotopic (exact) mass is 474 g/mol. The summed E-state index contributed by atoms with van der Waals surface area (Å²) in [4.78, 5) is 14.3. The summed E-state index contributed by atoms with van der Waals surface area (Å²) in [7, 11) is 2.98. The third-order valence-electron chi connectivity index (χ3n) is 6.72. The van der Waals surface area contributed by atoms with Gasteiger partial charge in [-0.15, -0.1) is 0 Å². The van der Waals surface area contributed by atoms with Crippen LogP contribution in [0.4, 0.5) is 8.78 Å². The average Bonchev–Trinajstić information content (AvgIpc) is 3.75. The lowest BCUT2D eigenvalue weighted by Gasteiger charge is -2.33. The van der Waals surface area contributed by atoms with Crippen LogP contribution in [-0.2, 0) is 23.7 Å². The zero-order chi connectivity index (χ0) is 24.1. The quantitative estimate of drug-likeness (QED) is 0.333. The van der Waals surface area contributed by atoms with E-state index in [9.17, 15) is 13.6 Å². The van der Waals surface area contributed by atoms with Crippen molar-refractivity contribution in [3.05, 3.63) is 71.3 Å². The van der Waals surface area contributed by atoms with Crippen molar-refractivity contribution >= 4 is 5.78 Å². The number of hydrogen-bond acceptors (Lipinski definition) is 5. The van der Waals surface area contributed by atoms with Crippen molar-refractivity contribution in [1.29, 1.82) is 0 Å². The maximum absolute atomic E-state index is 14.9. The molecule has 0 aliphatic heterocycles. The van der Waals surface area contributed by atoms with E-state index in [2.05, 4.69) is 0 Å². The molecule has 4 unspecified atom stereocenters. The highest BCUT2D eigenvalue weighted by Crippen LogP contribution is 2.52. The maximum atomic E-state index is 14.9. The summed E-state index contributed by atoms with van der Waals surface area (Å²) in [6, 6.07) is 12.7. The molecule has 7 heteroatoms. The molecule has 34 heavy (non-hydrogen) atoms. The van der Waals surface area contributed by atoms with Gasteiger partial charge in [-0.05, 0) is 49.7 Å². The molecule has 2 aliphatic rings. The lowest BCUT2D eigenvalue weighted by molar-refractivity contribution is -0.153. The Morgan fingerprint density at radius 3 is 1.47 bits per heavy atom. The van der Waals surface area contributed by atoms with Gasteiger partial charge in [0.25, 0.3) is 0 Å². The van der Waals surface area contributed by atoms with Crippen molar-refractivity contribution in [2.24, 2.45) is 23.7 Å². The van der Waals surface area contributed by atoms with E-state index in [-0.39, 0.29) is 31.2 Å². The summed E-state index contributed by atoms with van der Waals surface area (Å²) in [6.07, 6.45) is 1.84. The van der Waals surface area contributed by atoms with Crippen LogP contribution >= 0.6 is 0 Å². The van der Waals surface area contributed by atoms with E-state index in [0.717, 1.165) is 25.7 Å². The van der Waals surface area contributed by atoms with Gasteiger partial charge in [0.2, 0.25) is 0 Å². The molecule has 184 valence electrons. The first-order chi connectivity index (χ1) is 16.6. The van der Waals surface area contributed by atoms with E-state index < -0.39 is 35.7 Å². The van der Waals surface area contributed by atoms with Gasteiger partial charge in [0, 0.05) is 25.3 Å². The summed E-state index contributed by atoms with van der Waals surface area (Å²) >= 11 is 0. The molecule has 2 aromatic rings. The van der Waals surface area contributed by atoms with Crippen molar-refractivity contribution < 1.29 is 32.5 Å². The molecule has 0 saturated heterocycles. The van der Waals surface area contributed by atoms with E-state index in [1.807, 2.05) is 0 Å². The minimum Gasteiger partial charge on any atom is -0.359 e. The molecule has 5 nitrogen and oxygen atoms in total. The van der Waals surface area contributed by atoms with E-state index in [0.29, 0.717) is 11.1 Å². The number of halogens is 2. The van der Waals surface area contributed by atoms with Crippen LogP contribution in [0.15, 0.2) is 48.5 Å². The molecule has 2 aliphatic carbocycles. The molecule has 0 heterocycles. The normalized spacial score (nSPS) is 19.4. The van der Waals surface area contributed by atoms with Gasteiger partial charge in [-0.25, -0.2) is 8.78 Å². The Kier molecular flexibility index (Phi) is 8.42. The van der Waals surface area contributed by atoms with Crippen LogP contribution in [0.1, 0.15) is 49.0 Å². The van der Waals surface area contributed by atoms with Crippen molar-refractivity contribution in [2.75, 3.05) is 27.8 Å². The summed E-state index contributed by atoms with van der Waals surface area (Å²) < 4.78 is 51.9. The standard InChI is InChI=1S/C27H32F2O5/c1-31-15-33-26(19-7-3-5-9-21(19)28)23(17-11-12-17)25(30)24(18-13-14-18)27(34-16-32-2)20-8-4-6-10-22(20)29/h3-10,17-18,23-24,26-27H,11-16H2,1-2H3. The highest BCUT2D eigenvalue weighted by molar-refractivity contribution is 5.86. The molecule has 2 saturated carbocycles. The highest BCUT2D eigenvalue weighted by Gasteiger charge is 2.51.